The Morgan fingerprint density at radius 1 is 1.03 bits per heavy atom. The van der Waals surface area contributed by atoms with E-state index >= 15 is 0 Å². The fourth-order valence-corrected chi connectivity index (χ4v) is 5.47. The van der Waals surface area contributed by atoms with Crippen LogP contribution in [0.15, 0.2) is 47.5 Å². The van der Waals surface area contributed by atoms with E-state index in [0.717, 1.165) is 0 Å². The Labute approximate surface area is 211 Å². The van der Waals surface area contributed by atoms with Crippen LogP contribution in [0.3, 0.4) is 0 Å². The van der Waals surface area contributed by atoms with Crippen LogP contribution in [0.1, 0.15) is 68.5 Å². The number of amides is 1. The number of hydrogen-bond acceptors (Lipinski definition) is 8. The molecular weight excluding hydrogens is 484 g/mol. The molecule has 0 radical (unpaired) electrons. The Balaban J connectivity index is 1.50. The second kappa shape index (κ2) is 10.7. The summed E-state index contributed by atoms with van der Waals surface area (Å²) in [4.78, 5) is 29.9. The summed E-state index contributed by atoms with van der Waals surface area (Å²) in [5, 5.41) is 2.43. The van der Waals surface area contributed by atoms with E-state index in [1.807, 2.05) is 0 Å². The molecule has 2 heterocycles. The van der Waals surface area contributed by atoms with Crippen LogP contribution in [0.25, 0.3) is 0 Å². The van der Waals surface area contributed by atoms with Gasteiger partial charge in [-0.25, -0.2) is 18.2 Å². The number of carbonyl (C=O) groups is 2. The lowest BCUT2D eigenvalue weighted by Crippen LogP contribution is -2.31. The number of benzene rings is 1. The zero-order chi connectivity index (χ0) is 25.9. The van der Waals surface area contributed by atoms with Crippen LogP contribution in [-0.2, 0) is 28.8 Å². The first kappa shape index (κ1) is 26.2. The third-order valence-corrected chi connectivity index (χ3v) is 8.14. The smallest absolute Gasteiger partial charge is 0.340 e. The zero-order valence-corrected chi connectivity index (χ0v) is 21.5. The van der Waals surface area contributed by atoms with Gasteiger partial charge in [-0.2, -0.15) is 0 Å². The molecule has 2 fully saturated rings. The molecule has 0 bridgehead atoms. The van der Waals surface area contributed by atoms with Gasteiger partial charge in [-0.1, -0.05) is 12.1 Å². The molecule has 194 valence electrons. The molecule has 1 aromatic carbocycles. The van der Waals surface area contributed by atoms with E-state index < -0.39 is 33.4 Å². The molecule has 4 rings (SSSR count). The lowest BCUT2D eigenvalue weighted by Gasteiger charge is -2.27. The number of aromatic nitrogens is 1. The van der Waals surface area contributed by atoms with E-state index in [-0.39, 0.29) is 27.6 Å². The van der Waals surface area contributed by atoms with Crippen molar-refractivity contribution in [2.24, 2.45) is 0 Å². The van der Waals surface area contributed by atoms with Crippen LogP contribution in [0, 0.1) is 0 Å². The van der Waals surface area contributed by atoms with Crippen LogP contribution in [0.4, 0.5) is 5.82 Å². The van der Waals surface area contributed by atoms with Crippen molar-refractivity contribution < 1.29 is 32.2 Å². The molecule has 1 aromatic heterocycles. The molecule has 1 saturated carbocycles. The van der Waals surface area contributed by atoms with E-state index in [4.69, 9.17) is 14.2 Å². The minimum atomic E-state index is -3.33. The third kappa shape index (κ3) is 6.68. The van der Waals surface area contributed by atoms with Gasteiger partial charge < -0.3 is 19.5 Å². The summed E-state index contributed by atoms with van der Waals surface area (Å²) in [6.07, 6.45) is 2.87. The van der Waals surface area contributed by atoms with Gasteiger partial charge in [0, 0.05) is 19.4 Å². The Kier molecular flexibility index (Phi) is 7.77. The van der Waals surface area contributed by atoms with Gasteiger partial charge in [0.25, 0.3) is 5.91 Å². The molecule has 1 saturated heterocycles. The predicted octanol–water partition coefficient (Wildman–Crippen LogP) is 3.85. The van der Waals surface area contributed by atoms with Crippen molar-refractivity contribution in [3.05, 3.63) is 53.7 Å². The Hall–Kier alpha value is -2.82. The Bertz CT molecular complexity index is 1180. The molecule has 0 spiro atoms. The molecule has 1 aliphatic carbocycles. The number of anilines is 1. The predicted molar refractivity (Wildman–Crippen MR) is 132 cm³/mol. The first-order chi connectivity index (χ1) is 17.0. The van der Waals surface area contributed by atoms with E-state index in [2.05, 4.69) is 10.3 Å². The fourth-order valence-electron chi connectivity index (χ4n) is 3.82. The fraction of sp³-hybridized carbons (Fsp3) is 0.500. The second-order valence-corrected chi connectivity index (χ2v) is 12.3. The molecule has 1 unspecified atom stereocenters. The molecule has 9 nitrogen and oxygen atoms in total. The van der Waals surface area contributed by atoms with Crippen molar-refractivity contribution in [1.29, 1.82) is 0 Å². The molecule has 1 atom stereocenters. The van der Waals surface area contributed by atoms with Crippen molar-refractivity contribution in [2.45, 2.75) is 74.4 Å². The highest BCUT2D eigenvalue weighted by Gasteiger charge is 2.37. The zero-order valence-electron chi connectivity index (χ0n) is 20.7. The van der Waals surface area contributed by atoms with Crippen molar-refractivity contribution in [3.63, 3.8) is 0 Å². The maximum Gasteiger partial charge on any atom is 0.340 e. The molecule has 1 amide bonds. The maximum atomic E-state index is 13.3. The first-order valence-corrected chi connectivity index (χ1v) is 13.6. The molecule has 1 aliphatic heterocycles. The quantitative estimate of drug-likeness (QED) is 0.525. The van der Waals surface area contributed by atoms with Gasteiger partial charge in [0.15, 0.2) is 15.9 Å². The summed E-state index contributed by atoms with van der Waals surface area (Å²) in [6, 6.07) is 9.36. The van der Waals surface area contributed by atoms with E-state index in [1.165, 1.54) is 30.5 Å². The lowest BCUT2D eigenvalue weighted by atomic mass is 10.1. The Morgan fingerprint density at radius 3 is 2.25 bits per heavy atom. The van der Waals surface area contributed by atoms with Crippen molar-refractivity contribution in [2.75, 3.05) is 18.5 Å². The monoisotopic (exact) mass is 516 g/mol. The molecular formula is C26H32N2O7S. The van der Waals surface area contributed by atoms with E-state index in [9.17, 15) is 18.0 Å². The van der Waals surface area contributed by atoms with Gasteiger partial charge in [0.05, 0.1) is 21.8 Å². The van der Waals surface area contributed by atoms with Gasteiger partial charge in [-0.05, 0) is 76.3 Å². The van der Waals surface area contributed by atoms with Gasteiger partial charge >= 0.3 is 5.97 Å². The van der Waals surface area contributed by atoms with E-state index in [0.29, 0.717) is 44.5 Å². The summed E-state index contributed by atoms with van der Waals surface area (Å²) >= 11 is 0. The SMILES string of the molecule is CC(C)(C)OC(=O)c1ccc(NC(=O)C(OC2CCOCC2)c2ccc(S(=O)(=O)C3CC3)cc2)nc1. The lowest BCUT2D eigenvalue weighted by molar-refractivity contribution is -0.136. The highest BCUT2D eigenvalue weighted by atomic mass is 32.2. The molecule has 36 heavy (non-hydrogen) atoms. The molecule has 2 aliphatic rings. The number of nitrogens with zero attached hydrogens (tertiary/aromatic N) is 1. The van der Waals surface area contributed by atoms with Gasteiger partial charge in [-0.15, -0.1) is 0 Å². The van der Waals surface area contributed by atoms with Gasteiger partial charge in [0.1, 0.15) is 11.4 Å². The number of carbonyl (C=O) groups excluding carboxylic acids is 2. The Morgan fingerprint density at radius 2 is 1.69 bits per heavy atom. The minimum absolute atomic E-state index is 0.174. The largest absolute Gasteiger partial charge is 0.456 e. The van der Waals surface area contributed by atoms with Crippen LogP contribution in [0.2, 0.25) is 0 Å². The summed E-state index contributed by atoms with van der Waals surface area (Å²) in [5.74, 6) is -0.701. The number of pyridine rings is 1. The van der Waals surface area contributed by atoms with Crippen LogP contribution in [0.5, 0.6) is 0 Å². The van der Waals surface area contributed by atoms with Crippen LogP contribution in [-0.4, -0.2) is 55.4 Å². The average molecular weight is 517 g/mol. The number of ether oxygens (including phenoxy) is 3. The first-order valence-electron chi connectivity index (χ1n) is 12.1. The minimum Gasteiger partial charge on any atom is -0.456 e. The van der Waals surface area contributed by atoms with Gasteiger partial charge in [-0.3, -0.25) is 4.79 Å². The average Bonchev–Trinajstić information content (AvgIpc) is 3.69. The highest BCUT2D eigenvalue weighted by molar-refractivity contribution is 7.92. The van der Waals surface area contributed by atoms with Crippen molar-refractivity contribution >= 4 is 27.5 Å². The topological polar surface area (TPSA) is 121 Å². The van der Waals surface area contributed by atoms with Crippen molar-refractivity contribution in [3.8, 4) is 0 Å². The summed E-state index contributed by atoms with van der Waals surface area (Å²) in [7, 11) is -3.33. The number of esters is 1. The molecule has 1 N–H and O–H groups in total. The van der Waals surface area contributed by atoms with Gasteiger partial charge in [0.2, 0.25) is 0 Å². The normalized spacial score (nSPS) is 17.9. The standard InChI is InChI=1S/C26H32N2O7S/c1-26(2,3)35-25(30)18-6-11-22(27-16-18)28-24(29)23(34-19-12-14-33-15-13-19)17-4-7-20(8-5-17)36(31,32)21-9-10-21/h4-8,11,16,19,21,23H,9-10,12-15H2,1-3H3,(H,27,28,29). The summed E-state index contributed by atoms with van der Waals surface area (Å²) in [5.41, 5.74) is 0.177. The molecule has 10 heteroatoms. The van der Waals surface area contributed by atoms with E-state index in [1.54, 1.807) is 32.9 Å². The van der Waals surface area contributed by atoms with Crippen LogP contribution < -0.4 is 5.32 Å². The summed E-state index contributed by atoms with van der Waals surface area (Å²) < 4.78 is 42.0. The second-order valence-electron chi connectivity index (χ2n) is 10.1. The maximum absolute atomic E-state index is 13.3. The number of nitrogens with one attached hydrogen (secondary N) is 1. The number of rotatable bonds is 8. The van der Waals surface area contributed by atoms with Crippen molar-refractivity contribution in [1.82, 2.24) is 4.98 Å². The third-order valence-electron chi connectivity index (χ3n) is 5.86. The van der Waals surface area contributed by atoms with Crippen LogP contribution >= 0.6 is 0 Å². The number of sulfone groups is 1. The highest BCUT2D eigenvalue weighted by Crippen LogP contribution is 2.34. The summed E-state index contributed by atoms with van der Waals surface area (Å²) in [6.45, 7) is 6.43. The number of hydrogen-bond donors (Lipinski definition) is 1. The molecule has 2 aromatic rings.